The summed E-state index contributed by atoms with van der Waals surface area (Å²) >= 11 is 0. The van der Waals surface area contributed by atoms with Crippen molar-refractivity contribution in [2.75, 3.05) is 12.8 Å². The van der Waals surface area contributed by atoms with Gasteiger partial charge in [-0.3, -0.25) is 4.79 Å². The van der Waals surface area contributed by atoms with E-state index in [1.165, 1.54) is 11.9 Å². The van der Waals surface area contributed by atoms with Gasteiger partial charge >= 0.3 is 0 Å². The molecular weight excluding hydrogens is 238 g/mol. The molecule has 2 N–H and O–H groups in total. The highest BCUT2D eigenvalue weighted by Gasteiger charge is 2.26. The normalized spacial score (nSPS) is 12.6. The van der Waals surface area contributed by atoms with Gasteiger partial charge in [-0.1, -0.05) is 13.8 Å². The second kappa shape index (κ2) is 5.33. The number of rotatable bonds is 3. The molecule has 0 fully saturated rings. The molecule has 0 aliphatic heterocycles. The van der Waals surface area contributed by atoms with E-state index in [1.54, 1.807) is 0 Å². The first-order chi connectivity index (χ1) is 8.27. The Morgan fingerprint density at radius 3 is 2.33 bits per heavy atom. The van der Waals surface area contributed by atoms with Crippen molar-refractivity contribution in [2.24, 2.45) is 5.92 Å². The molecule has 0 spiro atoms. The van der Waals surface area contributed by atoms with Crippen molar-refractivity contribution in [3.8, 4) is 0 Å². The number of hydrogen-bond donors (Lipinski definition) is 1. The van der Waals surface area contributed by atoms with Crippen LogP contribution in [0.25, 0.3) is 0 Å². The third-order valence-corrected chi connectivity index (χ3v) is 3.23. The minimum atomic E-state index is -0.997. The highest BCUT2D eigenvalue weighted by atomic mass is 19.1. The van der Waals surface area contributed by atoms with Crippen molar-refractivity contribution < 1.29 is 13.6 Å². The van der Waals surface area contributed by atoms with E-state index < -0.39 is 23.1 Å². The fourth-order valence-corrected chi connectivity index (χ4v) is 1.57. The number of carbonyl (C=O) groups excluding carboxylic acids is 1. The molecule has 0 aliphatic rings. The predicted molar refractivity (Wildman–Crippen MR) is 67.2 cm³/mol. The summed E-state index contributed by atoms with van der Waals surface area (Å²) < 4.78 is 27.3. The van der Waals surface area contributed by atoms with Gasteiger partial charge in [0.1, 0.15) is 11.4 Å². The van der Waals surface area contributed by atoms with Gasteiger partial charge in [0.2, 0.25) is 0 Å². The minimum absolute atomic E-state index is 0.127. The number of nitrogens with zero attached hydrogens (tertiary/aromatic N) is 1. The third-order valence-electron chi connectivity index (χ3n) is 3.23. The molecule has 0 saturated carbocycles. The molecule has 1 atom stereocenters. The molecular formula is C13H18F2N2O. The molecule has 0 saturated heterocycles. The monoisotopic (exact) mass is 256 g/mol. The van der Waals surface area contributed by atoms with Crippen LogP contribution in [0, 0.1) is 17.6 Å². The zero-order chi connectivity index (χ0) is 14.0. The summed E-state index contributed by atoms with van der Waals surface area (Å²) in [4.78, 5) is 13.4. The first-order valence-electron chi connectivity index (χ1n) is 5.78. The number of anilines is 1. The zero-order valence-corrected chi connectivity index (χ0v) is 11.0. The fraction of sp³-hybridized carbons (Fsp3) is 0.462. The lowest BCUT2D eigenvalue weighted by Gasteiger charge is -2.28. The van der Waals surface area contributed by atoms with Gasteiger partial charge in [0, 0.05) is 13.1 Å². The molecule has 0 heterocycles. The van der Waals surface area contributed by atoms with Crippen LogP contribution in [-0.4, -0.2) is 23.9 Å². The van der Waals surface area contributed by atoms with Crippen molar-refractivity contribution in [1.82, 2.24) is 4.90 Å². The van der Waals surface area contributed by atoms with Crippen LogP contribution in [0.1, 0.15) is 31.1 Å². The largest absolute Gasteiger partial charge is 0.396 e. The van der Waals surface area contributed by atoms with Gasteiger partial charge < -0.3 is 10.6 Å². The lowest BCUT2D eigenvalue weighted by molar-refractivity contribution is 0.0697. The zero-order valence-electron chi connectivity index (χ0n) is 11.0. The highest BCUT2D eigenvalue weighted by Crippen LogP contribution is 2.21. The molecule has 1 aromatic rings. The molecule has 0 aromatic heterocycles. The number of nitrogens with two attached hydrogens (primary N) is 1. The number of nitrogen functional groups attached to an aromatic ring is 1. The van der Waals surface area contributed by atoms with Gasteiger partial charge in [-0.2, -0.15) is 0 Å². The molecule has 3 nitrogen and oxygen atoms in total. The second-order valence-electron chi connectivity index (χ2n) is 4.73. The molecule has 1 aromatic carbocycles. The summed E-state index contributed by atoms with van der Waals surface area (Å²) in [5.74, 6) is -2.40. The van der Waals surface area contributed by atoms with E-state index in [1.807, 2.05) is 20.8 Å². The summed E-state index contributed by atoms with van der Waals surface area (Å²) in [6, 6.07) is 1.98. The van der Waals surface area contributed by atoms with Crippen LogP contribution in [0.2, 0.25) is 0 Å². The molecule has 5 heteroatoms. The van der Waals surface area contributed by atoms with Crippen LogP contribution in [0.4, 0.5) is 14.5 Å². The SMILES string of the molecule is CC(C)C(C)N(C)C(=O)c1c(F)ccc(N)c1F. The predicted octanol–water partition coefficient (Wildman–Crippen LogP) is 2.66. The van der Waals surface area contributed by atoms with E-state index in [0.29, 0.717) is 0 Å². The van der Waals surface area contributed by atoms with Crippen molar-refractivity contribution in [3.63, 3.8) is 0 Å². The van der Waals surface area contributed by atoms with E-state index in [9.17, 15) is 13.6 Å². The quantitative estimate of drug-likeness (QED) is 0.845. The van der Waals surface area contributed by atoms with Gasteiger partial charge in [0.25, 0.3) is 5.91 Å². The number of carbonyl (C=O) groups is 1. The summed E-state index contributed by atoms with van der Waals surface area (Å²) in [7, 11) is 1.52. The van der Waals surface area contributed by atoms with E-state index >= 15 is 0 Å². The second-order valence-corrected chi connectivity index (χ2v) is 4.73. The molecule has 100 valence electrons. The first-order valence-corrected chi connectivity index (χ1v) is 5.78. The minimum Gasteiger partial charge on any atom is -0.396 e. The maximum absolute atomic E-state index is 13.7. The molecule has 1 unspecified atom stereocenters. The molecule has 1 amide bonds. The Kier molecular flexibility index (Phi) is 4.27. The molecule has 0 radical (unpaired) electrons. The van der Waals surface area contributed by atoms with Crippen molar-refractivity contribution in [1.29, 1.82) is 0 Å². The maximum Gasteiger partial charge on any atom is 0.259 e. The van der Waals surface area contributed by atoms with Crippen LogP contribution in [0.15, 0.2) is 12.1 Å². The number of benzene rings is 1. The molecule has 0 aliphatic carbocycles. The Hall–Kier alpha value is -1.65. The standard InChI is InChI=1S/C13H18F2N2O/c1-7(2)8(3)17(4)13(18)11-9(14)5-6-10(16)12(11)15/h5-8H,16H2,1-4H3. The van der Waals surface area contributed by atoms with Gasteiger partial charge in [0.15, 0.2) is 5.82 Å². The van der Waals surface area contributed by atoms with Gasteiger partial charge in [-0.25, -0.2) is 8.78 Å². The summed E-state index contributed by atoms with van der Waals surface area (Å²) in [5.41, 5.74) is 4.53. The smallest absolute Gasteiger partial charge is 0.259 e. The first kappa shape index (κ1) is 14.4. The molecule has 1 rings (SSSR count). The highest BCUT2D eigenvalue weighted by molar-refractivity contribution is 5.95. The Labute approximate surface area is 106 Å². The van der Waals surface area contributed by atoms with Crippen LogP contribution in [-0.2, 0) is 0 Å². The van der Waals surface area contributed by atoms with E-state index in [2.05, 4.69) is 0 Å². The van der Waals surface area contributed by atoms with Crippen LogP contribution >= 0.6 is 0 Å². The van der Waals surface area contributed by atoms with E-state index in [-0.39, 0.29) is 17.6 Å². The third kappa shape index (κ3) is 2.60. The fourth-order valence-electron chi connectivity index (χ4n) is 1.57. The van der Waals surface area contributed by atoms with Crippen LogP contribution in [0.5, 0.6) is 0 Å². The average Bonchev–Trinajstić information content (AvgIpc) is 2.32. The number of amides is 1. The van der Waals surface area contributed by atoms with Gasteiger partial charge in [0.05, 0.1) is 5.69 Å². The average molecular weight is 256 g/mol. The number of hydrogen-bond acceptors (Lipinski definition) is 2. The maximum atomic E-state index is 13.7. The van der Waals surface area contributed by atoms with Crippen molar-refractivity contribution >= 4 is 11.6 Å². The Morgan fingerprint density at radius 2 is 1.83 bits per heavy atom. The van der Waals surface area contributed by atoms with Crippen molar-refractivity contribution in [2.45, 2.75) is 26.8 Å². The lowest BCUT2D eigenvalue weighted by Crippen LogP contribution is -2.39. The Morgan fingerprint density at radius 1 is 1.28 bits per heavy atom. The van der Waals surface area contributed by atoms with E-state index in [4.69, 9.17) is 5.73 Å². The van der Waals surface area contributed by atoms with Crippen molar-refractivity contribution in [3.05, 3.63) is 29.3 Å². The summed E-state index contributed by atoms with van der Waals surface area (Å²) in [5, 5.41) is 0. The molecule has 0 bridgehead atoms. The summed E-state index contributed by atoms with van der Waals surface area (Å²) in [6.07, 6.45) is 0. The topological polar surface area (TPSA) is 46.3 Å². The van der Waals surface area contributed by atoms with Gasteiger partial charge in [-0.15, -0.1) is 0 Å². The van der Waals surface area contributed by atoms with Crippen LogP contribution < -0.4 is 5.73 Å². The summed E-state index contributed by atoms with van der Waals surface area (Å²) in [6.45, 7) is 5.69. The molecule has 18 heavy (non-hydrogen) atoms. The Balaban J connectivity index is 3.15. The Bertz CT molecular complexity index is 461. The van der Waals surface area contributed by atoms with E-state index in [0.717, 1.165) is 12.1 Å². The van der Waals surface area contributed by atoms with Crippen LogP contribution in [0.3, 0.4) is 0 Å². The lowest BCUT2D eigenvalue weighted by atomic mass is 10.0. The number of halogens is 2. The van der Waals surface area contributed by atoms with Gasteiger partial charge in [-0.05, 0) is 25.0 Å².